The minimum Gasteiger partial charge on any atom is -0.874 e. The molecule has 0 aromatic heterocycles. The average molecular weight is 366 g/mol. The Morgan fingerprint density at radius 1 is 0.609 bits per heavy atom. The molecule has 0 unspecified atom stereocenters. The summed E-state index contributed by atoms with van der Waals surface area (Å²) in [6.07, 6.45) is 0. The molecule has 0 saturated carbocycles. The van der Waals surface area contributed by atoms with Crippen molar-refractivity contribution in [3.63, 3.8) is 0 Å². The van der Waals surface area contributed by atoms with Crippen molar-refractivity contribution in [2.75, 3.05) is 0 Å². The van der Waals surface area contributed by atoms with E-state index >= 15 is 0 Å². The standard InChI is InChI=1S/2C8H16N2O.Fe/c2*1-6(7(2)11)9-10-8(3,4)5;/h2*11H,1-5H3;/q;;+2/p-2. The molecular formula is C16H30FeN4O2. The fourth-order valence-corrected chi connectivity index (χ4v) is 0.591. The van der Waals surface area contributed by atoms with Crippen molar-refractivity contribution in [1.82, 2.24) is 0 Å². The van der Waals surface area contributed by atoms with Crippen molar-refractivity contribution < 1.29 is 27.3 Å². The molecule has 0 rings (SSSR count). The molecule has 0 aliphatic carbocycles. The molecule has 0 saturated heterocycles. The first-order valence-electron chi connectivity index (χ1n) is 7.20. The van der Waals surface area contributed by atoms with Gasteiger partial charge in [-0.25, -0.2) is 0 Å². The van der Waals surface area contributed by atoms with E-state index in [0.29, 0.717) is 11.4 Å². The SMILES string of the molecule is CC([O-])=C(C)N=NC(C)(C)C.CC([O-])=C(C)N=NC(C)(C)C.[Fe+2]. The molecule has 0 aromatic rings. The Morgan fingerprint density at radius 3 is 0.957 bits per heavy atom. The van der Waals surface area contributed by atoms with Crippen LogP contribution in [0.5, 0.6) is 0 Å². The van der Waals surface area contributed by atoms with Gasteiger partial charge < -0.3 is 10.2 Å². The van der Waals surface area contributed by atoms with Crippen molar-refractivity contribution >= 4 is 0 Å². The van der Waals surface area contributed by atoms with E-state index < -0.39 is 0 Å². The Balaban J connectivity index is -0.000000333. The fraction of sp³-hybridized carbons (Fsp3) is 0.750. The van der Waals surface area contributed by atoms with Crippen LogP contribution in [0.1, 0.15) is 69.2 Å². The second kappa shape index (κ2) is 11.4. The van der Waals surface area contributed by atoms with Gasteiger partial charge in [0.1, 0.15) is 0 Å². The fourth-order valence-electron chi connectivity index (χ4n) is 0.591. The Labute approximate surface area is 151 Å². The van der Waals surface area contributed by atoms with Crippen molar-refractivity contribution in [2.24, 2.45) is 20.5 Å². The van der Waals surface area contributed by atoms with Crippen molar-refractivity contribution in [1.29, 1.82) is 0 Å². The molecule has 0 heterocycles. The van der Waals surface area contributed by atoms with Crippen LogP contribution in [0.15, 0.2) is 43.4 Å². The number of allylic oxidation sites excluding steroid dienone is 4. The maximum absolute atomic E-state index is 10.7. The van der Waals surface area contributed by atoms with Crippen molar-refractivity contribution in [3.8, 4) is 0 Å². The summed E-state index contributed by atoms with van der Waals surface area (Å²) in [6.45, 7) is 17.9. The van der Waals surface area contributed by atoms with E-state index in [4.69, 9.17) is 0 Å². The third kappa shape index (κ3) is 20.8. The zero-order chi connectivity index (χ0) is 18.1. The molecule has 6 nitrogen and oxygen atoms in total. The van der Waals surface area contributed by atoms with Crippen molar-refractivity contribution in [2.45, 2.75) is 80.3 Å². The molecule has 0 radical (unpaired) electrons. The van der Waals surface area contributed by atoms with Gasteiger partial charge in [-0.05, 0) is 55.4 Å². The minimum atomic E-state index is -0.198. The van der Waals surface area contributed by atoms with Crippen LogP contribution >= 0.6 is 0 Å². The van der Waals surface area contributed by atoms with Crippen LogP contribution in [0.4, 0.5) is 0 Å². The Hall–Kier alpha value is -1.20. The molecule has 23 heavy (non-hydrogen) atoms. The topological polar surface area (TPSA) is 95.6 Å². The Kier molecular flexibility index (Phi) is 13.2. The molecule has 0 fully saturated rings. The summed E-state index contributed by atoms with van der Waals surface area (Å²) < 4.78 is 0. The van der Waals surface area contributed by atoms with E-state index in [9.17, 15) is 10.2 Å². The van der Waals surface area contributed by atoms with E-state index in [1.807, 2.05) is 41.5 Å². The molecule has 0 bridgehead atoms. The summed E-state index contributed by atoms with van der Waals surface area (Å²) in [5.74, 6) is -0.0593. The van der Waals surface area contributed by atoms with Gasteiger partial charge in [0, 0.05) is 11.4 Å². The number of azo groups is 2. The quantitative estimate of drug-likeness (QED) is 0.423. The van der Waals surface area contributed by atoms with Gasteiger partial charge in [-0.3, -0.25) is 0 Å². The summed E-state index contributed by atoms with van der Waals surface area (Å²) in [5, 5.41) is 36.8. The largest absolute Gasteiger partial charge is 2.00 e. The first-order valence-corrected chi connectivity index (χ1v) is 7.20. The first kappa shape index (κ1) is 26.7. The van der Waals surface area contributed by atoms with Gasteiger partial charge in [0.2, 0.25) is 0 Å². The summed E-state index contributed by atoms with van der Waals surface area (Å²) in [4.78, 5) is 0. The third-order valence-corrected chi connectivity index (χ3v) is 2.02. The van der Waals surface area contributed by atoms with Gasteiger partial charge in [0.25, 0.3) is 0 Å². The molecule has 0 atom stereocenters. The summed E-state index contributed by atoms with van der Waals surface area (Å²) in [7, 11) is 0. The van der Waals surface area contributed by atoms with Crippen LogP contribution in [0.2, 0.25) is 0 Å². The van der Waals surface area contributed by atoms with Crippen molar-refractivity contribution in [3.05, 3.63) is 22.9 Å². The number of rotatable bonds is 2. The van der Waals surface area contributed by atoms with Gasteiger partial charge >= 0.3 is 17.1 Å². The molecular weight excluding hydrogens is 336 g/mol. The maximum atomic E-state index is 10.7. The normalized spacial score (nSPS) is 14.7. The number of hydrogen-bond acceptors (Lipinski definition) is 6. The predicted molar refractivity (Wildman–Crippen MR) is 86.0 cm³/mol. The van der Waals surface area contributed by atoms with E-state index in [1.165, 1.54) is 13.8 Å². The monoisotopic (exact) mass is 366 g/mol. The summed E-state index contributed by atoms with van der Waals surface area (Å²) in [6, 6.07) is 0. The van der Waals surface area contributed by atoms with Crippen LogP contribution in [0, 0.1) is 0 Å². The zero-order valence-corrected chi connectivity index (χ0v) is 17.1. The van der Waals surface area contributed by atoms with Crippen LogP contribution < -0.4 is 10.2 Å². The van der Waals surface area contributed by atoms with E-state index in [-0.39, 0.29) is 39.7 Å². The molecule has 0 N–H and O–H groups in total. The average Bonchev–Trinajstić information content (AvgIpc) is 2.31. The molecule has 7 heteroatoms. The Bertz CT molecular complexity index is 415. The van der Waals surface area contributed by atoms with Crippen LogP contribution in [0.3, 0.4) is 0 Å². The summed E-state index contributed by atoms with van der Waals surface area (Å²) in [5.41, 5.74) is 0.521. The smallest absolute Gasteiger partial charge is 0.874 e. The van der Waals surface area contributed by atoms with E-state index in [2.05, 4.69) is 20.5 Å². The van der Waals surface area contributed by atoms with E-state index in [1.54, 1.807) is 13.8 Å². The van der Waals surface area contributed by atoms with Gasteiger partial charge in [0.05, 0.1) is 11.1 Å². The van der Waals surface area contributed by atoms with Crippen LogP contribution in [0.25, 0.3) is 0 Å². The number of hydrogen-bond donors (Lipinski definition) is 0. The first-order chi connectivity index (χ1) is 9.65. The molecule has 0 spiro atoms. The molecule has 134 valence electrons. The minimum absolute atomic E-state index is 0. The van der Waals surface area contributed by atoms with Gasteiger partial charge in [-0.15, -0.1) is 11.5 Å². The maximum Gasteiger partial charge on any atom is 2.00 e. The third-order valence-electron chi connectivity index (χ3n) is 2.02. The van der Waals surface area contributed by atoms with Gasteiger partial charge in [0.15, 0.2) is 0 Å². The number of nitrogens with zero attached hydrogens (tertiary/aromatic N) is 4. The molecule has 0 aromatic carbocycles. The van der Waals surface area contributed by atoms with Crippen LogP contribution in [-0.2, 0) is 17.1 Å². The predicted octanol–water partition coefficient (Wildman–Crippen LogP) is 3.70. The second-order valence-corrected chi connectivity index (χ2v) is 7.02. The van der Waals surface area contributed by atoms with Crippen LogP contribution in [-0.4, -0.2) is 11.1 Å². The molecule has 0 amide bonds. The van der Waals surface area contributed by atoms with E-state index in [0.717, 1.165) is 0 Å². The second-order valence-electron chi connectivity index (χ2n) is 7.02. The summed E-state index contributed by atoms with van der Waals surface area (Å²) >= 11 is 0. The Morgan fingerprint density at radius 2 is 0.826 bits per heavy atom. The zero-order valence-electron chi connectivity index (χ0n) is 16.0. The van der Waals surface area contributed by atoms with Gasteiger partial charge in [-0.2, -0.15) is 20.5 Å². The molecule has 0 aliphatic rings. The van der Waals surface area contributed by atoms with Gasteiger partial charge in [-0.1, -0.05) is 13.8 Å². The molecule has 0 aliphatic heterocycles.